The SMILES string of the molecule is CCCCCNC(=O)c1ccc(NS(=O)(=O)c2ccc(F)c(C)c2)cc1. The Labute approximate surface area is 153 Å². The molecule has 0 bridgehead atoms. The first-order chi connectivity index (χ1) is 12.3. The van der Waals surface area contributed by atoms with Crippen LogP contribution < -0.4 is 10.0 Å². The smallest absolute Gasteiger partial charge is 0.261 e. The molecule has 0 atom stereocenters. The van der Waals surface area contributed by atoms with E-state index >= 15 is 0 Å². The van der Waals surface area contributed by atoms with Crippen molar-refractivity contribution in [2.75, 3.05) is 11.3 Å². The average molecular weight is 378 g/mol. The first-order valence-electron chi connectivity index (χ1n) is 8.50. The van der Waals surface area contributed by atoms with Crippen LogP contribution in [0.25, 0.3) is 0 Å². The lowest BCUT2D eigenvalue weighted by Gasteiger charge is -2.10. The molecule has 0 aliphatic carbocycles. The molecule has 0 saturated heterocycles. The largest absolute Gasteiger partial charge is 0.352 e. The highest BCUT2D eigenvalue weighted by molar-refractivity contribution is 7.92. The molecule has 0 fully saturated rings. The van der Waals surface area contributed by atoms with Crippen molar-refractivity contribution in [1.82, 2.24) is 5.32 Å². The third-order valence-electron chi connectivity index (χ3n) is 3.90. The van der Waals surface area contributed by atoms with Crippen LogP contribution in [0, 0.1) is 12.7 Å². The predicted molar refractivity (Wildman–Crippen MR) is 100 cm³/mol. The Bertz CT molecular complexity index is 865. The second-order valence-electron chi connectivity index (χ2n) is 6.06. The Hall–Kier alpha value is -2.41. The molecule has 2 N–H and O–H groups in total. The van der Waals surface area contributed by atoms with Crippen LogP contribution in [0.15, 0.2) is 47.4 Å². The Kier molecular flexibility index (Phi) is 6.74. The summed E-state index contributed by atoms with van der Waals surface area (Å²) in [4.78, 5) is 12.0. The second kappa shape index (κ2) is 8.80. The zero-order chi connectivity index (χ0) is 19.2. The molecule has 0 aliphatic heterocycles. The van der Waals surface area contributed by atoms with E-state index in [1.807, 2.05) is 0 Å². The molecule has 1 amide bonds. The van der Waals surface area contributed by atoms with Gasteiger partial charge in [0.1, 0.15) is 5.82 Å². The summed E-state index contributed by atoms with van der Waals surface area (Å²) in [7, 11) is -3.82. The van der Waals surface area contributed by atoms with Gasteiger partial charge >= 0.3 is 0 Å². The average Bonchev–Trinajstić information content (AvgIpc) is 2.61. The quantitative estimate of drug-likeness (QED) is 0.685. The maximum atomic E-state index is 13.3. The van der Waals surface area contributed by atoms with Crippen molar-refractivity contribution in [2.45, 2.75) is 38.0 Å². The van der Waals surface area contributed by atoms with E-state index in [1.165, 1.54) is 31.2 Å². The lowest BCUT2D eigenvalue weighted by Crippen LogP contribution is -2.24. The molecule has 0 radical (unpaired) electrons. The van der Waals surface area contributed by atoms with Crippen LogP contribution in [-0.2, 0) is 10.0 Å². The van der Waals surface area contributed by atoms with Gasteiger partial charge in [-0.15, -0.1) is 0 Å². The fourth-order valence-electron chi connectivity index (χ4n) is 2.37. The fourth-order valence-corrected chi connectivity index (χ4v) is 3.51. The molecule has 0 saturated carbocycles. The van der Waals surface area contributed by atoms with Crippen molar-refractivity contribution in [3.8, 4) is 0 Å². The van der Waals surface area contributed by atoms with Gasteiger partial charge in [-0.3, -0.25) is 9.52 Å². The van der Waals surface area contributed by atoms with Gasteiger partial charge in [-0.2, -0.15) is 0 Å². The third kappa shape index (κ3) is 5.29. The number of benzene rings is 2. The lowest BCUT2D eigenvalue weighted by molar-refractivity contribution is 0.0953. The minimum atomic E-state index is -3.82. The molecule has 0 spiro atoms. The van der Waals surface area contributed by atoms with Crippen LogP contribution >= 0.6 is 0 Å². The van der Waals surface area contributed by atoms with Gasteiger partial charge in [0, 0.05) is 17.8 Å². The van der Waals surface area contributed by atoms with E-state index in [1.54, 1.807) is 12.1 Å². The van der Waals surface area contributed by atoms with Crippen LogP contribution in [0.1, 0.15) is 42.1 Å². The maximum absolute atomic E-state index is 13.3. The van der Waals surface area contributed by atoms with Gasteiger partial charge < -0.3 is 5.32 Å². The zero-order valence-corrected chi connectivity index (χ0v) is 15.7. The fraction of sp³-hybridized carbons (Fsp3) is 0.316. The summed E-state index contributed by atoms with van der Waals surface area (Å²) in [5.41, 5.74) is 1.04. The van der Waals surface area contributed by atoms with E-state index in [2.05, 4.69) is 17.0 Å². The summed E-state index contributed by atoms with van der Waals surface area (Å²) in [6.07, 6.45) is 3.07. The first kappa shape index (κ1) is 19.9. The molecule has 0 aromatic heterocycles. The molecule has 26 heavy (non-hydrogen) atoms. The molecule has 2 rings (SSSR count). The number of unbranched alkanes of at least 4 members (excludes halogenated alkanes) is 2. The van der Waals surface area contributed by atoms with Gasteiger partial charge in [0.25, 0.3) is 15.9 Å². The number of halogens is 1. The zero-order valence-electron chi connectivity index (χ0n) is 14.9. The number of hydrogen-bond acceptors (Lipinski definition) is 3. The predicted octanol–water partition coefficient (Wildman–Crippen LogP) is 3.85. The highest BCUT2D eigenvalue weighted by atomic mass is 32.2. The first-order valence-corrected chi connectivity index (χ1v) is 9.99. The Morgan fingerprint density at radius 3 is 2.38 bits per heavy atom. The van der Waals surface area contributed by atoms with Gasteiger partial charge in [0.15, 0.2) is 0 Å². The Balaban J connectivity index is 2.03. The van der Waals surface area contributed by atoms with E-state index in [4.69, 9.17) is 0 Å². The third-order valence-corrected chi connectivity index (χ3v) is 5.28. The number of anilines is 1. The van der Waals surface area contributed by atoms with E-state index in [9.17, 15) is 17.6 Å². The molecular formula is C19H23FN2O3S. The Morgan fingerprint density at radius 2 is 1.77 bits per heavy atom. The summed E-state index contributed by atoms with van der Waals surface area (Å²) < 4.78 is 40.5. The molecule has 0 heterocycles. The van der Waals surface area contributed by atoms with Gasteiger partial charge in [0.2, 0.25) is 0 Å². The molecule has 0 aliphatic rings. The maximum Gasteiger partial charge on any atom is 0.261 e. The monoisotopic (exact) mass is 378 g/mol. The number of carbonyl (C=O) groups excluding carboxylic acids is 1. The Morgan fingerprint density at radius 1 is 1.08 bits per heavy atom. The van der Waals surface area contributed by atoms with Crippen molar-refractivity contribution in [3.63, 3.8) is 0 Å². The number of sulfonamides is 1. The molecule has 140 valence electrons. The molecule has 0 unspecified atom stereocenters. The molecule has 5 nitrogen and oxygen atoms in total. The van der Waals surface area contributed by atoms with Gasteiger partial charge in [0.05, 0.1) is 4.90 Å². The summed E-state index contributed by atoms with van der Waals surface area (Å²) >= 11 is 0. The van der Waals surface area contributed by atoms with E-state index in [0.717, 1.165) is 25.3 Å². The van der Waals surface area contributed by atoms with Gasteiger partial charge in [-0.1, -0.05) is 19.8 Å². The van der Waals surface area contributed by atoms with Crippen LogP contribution in [0.4, 0.5) is 10.1 Å². The number of nitrogens with one attached hydrogen (secondary N) is 2. The molecule has 2 aromatic carbocycles. The summed E-state index contributed by atoms with van der Waals surface area (Å²) in [6, 6.07) is 9.77. The molecule has 7 heteroatoms. The highest BCUT2D eigenvalue weighted by Gasteiger charge is 2.16. The van der Waals surface area contributed by atoms with Gasteiger partial charge in [-0.05, 0) is 61.4 Å². The standard InChI is InChI=1S/C19H23FN2O3S/c1-3-4-5-12-21-19(23)15-6-8-16(9-7-15)22-26(24,25)17-10-11-18(20)14(2)13-17/h6-11,13,22H,3-5,12H2,1-2H3,(H,21,23). The van der Waals surface area contributed by atoms with Crippen molar-refractivity contribution in [3.05, 3.63) is 59.4 Å². The normalized spacial score (nSPS) is 11.2. The van der Waals surface area contributed by atoms with E-state index in [-0.39, 0.29) is 16.4 Å². The topological polar surface area (TPSA) is 75.3 Å². The molecular weight excluding hydrogens is 355 g/mol. The van der Waals surface area contributed by atoms with E-state index in [0.29, 0.717) is 17.8 Å². The minimum absolute atomic E-state index is 0.0193. The second-order valence-corrected chi connectivity index (χ2v) is 7.74. The minimum Gasteiger partial charge on any atom is -0.352 e. The number of hydrogen-bond donors (Lipinski definition) is 2. The van der Waals surface area contributed by atoms with Crippen LogP contribution in [0.5, 0.6) is 0 Å². The number of aryl methyl sites for hydroxylation is 1. The van der Waals surface area contributed by atoms with Crippen LogP contribution in [0.2, 0.25) is 0 Å². The van der Waals surface area contributed by atoms with Crippen LogP contribution in [0.3, 0.4) is 0 Å². The number of amides is 1. The van der Waals surface area contributed by atoms with Crippen molar-refractivity contribution >= 4 is 21.6 Å². The number of rotatable bonds is 8. The lowest BCUT2D eigenvalue weighted by atomic mass is 10.2. The van der Waals surface area contributed by atoms with Crippen molar-refractivity contribution in [2.24, 2.45) is 0 Å². The molecule has 2 aromatic rings. The number of carbonyl (C=O) groups is 1. The summed E-state index contributed by atoms with van der Waals surface area (Å²) in [5.74, 6) is -0.650. The summed E-state index contributed by atoms with van der Waals surface area (Å²) in [6.45, 7) is 4.21. The van der Waals surface area contributed by atoms with Crippen molar-refractivity contribution < 1.29 is 17.6 Å². The highest BCUT2D eigenvalue weighted by Crippen LogP contribution is 2.19. The van der Waals surface area contributed by atoms with E-state index < -0.39 is 15.8 Å². The summed E-state index contributed by atoms with van der Waals surface area (Å²) in [5, 5.41) is 2.83. The van der Waals surface area contributed by atoms with Crippen LogP contribution in [-0.4, -0.2) is 20.9 Å². The van der Waals surface area contributed by atoms with Crippen molar-refractivity contribution in [1.29, 1.82) is 0 Å². The van der Waals surface area contributed by atoms with Gasteiger partial charge in [-0.25, -0.2) is 12.8 Å².